The molecule has 6 heteroatoms. The topological polar surface area (TPSA) is 89.7 Å². The predicted octanol–water partition coefficient (Wildman–Crippen LogP) is 0.746. The van der Waals surface area contributed by atoms with Crippen molar-refractivity contribution in [2.24, 2.45) is 0 Å². The number of nitrogens with zero attached hydrogens (tertiary/aromatic N) is 1. The molecule has 0 fully saturated rings. The van der Waals surface area contributed by atoms with Crippen molar-refractivity contribution in [1.82, 2.24) is 0 Å². The zero-order valence-corrected chi connectivity index (χ0v) is 9.01. The fourth-order valence-corrected chi connectivity index (χ4v) is 1.18. The number of aliphatic hydroxyl groups is 1. The second-order valence-electron chi connectivity index (χ2n) is 3.48. The van der Waals surface area contributed by atoms with E-state index in [1.54, 1.807) is 6.92 Å². The van der Waals surface area contributed by atoms with E-state index in [1.165, 1.54) is 7.11 Å². The molecular formula is C9H17NO5. The molecule has 0 spiro atoms. The van der Waals surface area contributed by atoms with Crippen LogP contribution in [-0.4, -0.2) is 35.3 Å². The van der Waals surface area contributed by atoms with E-state index in [4.69, 9.17) is 5.11 Å². The molecule has 0 aromatic heterocycles. The van der Waals surface area contributed by atoms with E-state index < -0.39 is 23.0 Å². The van der Waals surface area contributed by atoms with Crippen LogP contribution in [0.25, 0.3) is 0 Å². The van der Waals surface area contributed by atoms with E-state index in [-0.39, 0.29) is 19.3 Å². The van der Waals surface area contributed by atoms with Crippen LogP contribution in [0.15, 0.2) is 0 Å². The molecule has 0 aliphatic carbocycles. The highest BCUT2D eigenvalue weighted by Gasteiger charge is 2.21. The number of hydrogen-bond donors (Lipinski definition) is 1. The standard InChI is InChI=1S/C9H17NO5/c1-7(11)3-4-8(10(13)14)5-6-9(12)15-2/h7-8,11H,3-6H2,1-2H3. The SMILES string of the molecule is COC(=O)CCC(CCC(C)O)[N+](=O)[O-]. The highest BCUT2D eigenvalue weighted by atomic mass is 16.6. The summed E-state index contributed by atoms with van der Waals surface area (Å²) in [6.45, 7) is 1.58. The Bertz CT molecular complexity index is 217. The van der Waals surface area contributed by atoms with Crippen molar-refractivity contribution < 1.29 is 19.6 Å². The van der Waals surface area contributed by atoms with Crippen molar-refractivity contribution in [2.45, 2.75) is 44.8 Å². The monoisotopic (exact) mass is 219 g/mol. The number of ether oxygens (including phenoxy) is 1. The molecule has 0 bridgehead atoms. The molecule has 0 rings (SSSR count). The van der Waals surface area contributed by atoms with Crippen LogP contribution in [0.5, 0.6) is 0 Å². The van der Waals surface area contributed by atoms with Gasteiger partial charge in [-0.15, -0.1) is 0 Å². The summed E-state index contributed by atoms with van der Waals surface area (Å²) in [7, 11) is 1.25. The average molecular weight is 219 g/mol. The Kier molecular flexibility index (Phi) is 6.61. The molecule has 1 N–H and O–H groups in total. The molecule has 2 unspecified atom stereocenters. The largest absolute Gasteiger partial charge is 0.469 e. The van der Waals surface area contributed by atoms with Gasteiger partial charge in [0.15, 0.2) is 0 Å². The molecule has 15 heavy (non-hydrogen) atoms. The molecule has 2 atom stereocenters. The highest BCUT2D eigenvalue weighted by Crippen LogP contribution is 2.11. The Morgan fingerprint density at radius 2 is 2.07 bits per heavy atom. The number of carbonyl (C=O) groups excluding carboxylic acids is 1. The lowest BCUT2D eigenvalue weighted by atomic mass is 10.0. The third-order valence-corrected chi connectivity index (χ3v) is 2.13. The van der Waals surface area contributed by atoms with Gasteiger partial charge in [0.05, 0.1) is 19.6 Å². The Morgan fingerprint density at radius 3 is 2.47 bits per heavy atom. The van der Waals surface area contributed by atoms with Crippen LogP contribution in [-0.2, 0) is 9.53 Å². The Labute approximate surface area is 88.4 Å². The number of carbonyl (C=O) groups is 1. The van der Waals surface area contributed by atoms with Gasteiger partial charge in [0.25, 0.3) is 0 Å². The molecule has 0 radical (unpaired) electrons. The third kappa shape index (κ3) is 6.84. The molecule has 0 amide bonds. The molecule has 0 aliphatic heterocycles. The van der Waals surface area contributed by atoms with Gasteiger partial charge in [-0.1, -0.05) is 0 Å². The first kappa shape index (κ1) is 13.8. The number of rotatable bonds is 7. The smallest absolute Gasteiger partial charge is 0.305 e. The van der Waals surface area contributed by atoms with Crippen molar-refractivity contribution in [1.29, 1.82) is 0 Å². The van der Waals surface area contributed by atoms with E-state index >= 15 is 0 Å². The average Bonchev–Trinajstić information content (AvgIpc) is 2.16. The third-order valence-electron chi connectivity index (χ3n) is 2.13. The summed E-state index contributed by atoms with van der Waals surface area (Å²) in [4.78, 5) is 21.0. The molecular weight excluding hydrogens is 202 g/mol. The van der Waals surface area contributed by atoms with E-state index in [0.717, 1.165) is 0 Å². The predicted molar refractivity (Wildman–Crippen MR) is 52.9 cm³/mol. The van der Waals surface area contributed by atoms with Gasteiger partial charge in [0, 0.05) is 17.8 Å². The minimum Gasteiger partial charge on any atom is -0.469 e. The van der Waals surface area contributed by atoms with Gasteiger partial charge < -0.3 is 9.84 Å². The van der Waals surface area contributed by atoms with Crippen molar-refractivity contribution in [3.63, 3.8) is 0 Å². The molecule has 0 aliphatic rings. The fourth-order valence-electron chi connectivity index (χ4n) is 1.18. The number of methoxy groups -OCH3 is 1. The quantitative estimate of drug-likeness (QED) is 0.387. The van der Waals surface area contributed by atoms with Crippen LogP contribution in [0.2, 0.25) is 0 Å². The molecule has 0 saturated carbocycles. The van der Waals surface area contributed by atoms with Crippen LogP contribution in [0.1, 0.15) is 32.6 Å². The minimum atomic E-state index is -0.779. The number of aliphatic hydroxyl groups excluding tert-OH is 1. The van der Waals surface area contributed by atoms with Gasteiger partial charge in [-0.2, -0.15) is 0 Å². The van der Waals surface area contributed by atoms with E-state index in [0.29, 0.717) is 6.42 Å². The summed E-state index contributed by atoms with van der Waals surface area (Å²) in [5, 5.41) is 19.6. The van der Waals surface area contributed by atoms with Crippen LogP contribution < -0.4 is 0 Å². The first-order valence-electron chi connectivity index (χ1n) is 4.85. The van der Waals surface area contributed by atoms with Crippen LogP contribution in [0.3, 0.4) is 0 Å². The van der Waals surface area contributed by atoms with Crippen molar-refractivity contribution in [3.8, 4) is 0 Å². The van der Waals surface area contributed by atoms with Crippen molar-refractivity contribution in [2.75, 3.05) is 7.11 Å². The Morgan fingerprint density at radius 1 is 1.47 bits per heavy atom. The van der Waals surface area contributed by atoms with Gasteiger partial charge in [-0.05, 0) is 13.3 Å². The lowest BCUT2D eigenvalue weighted by Gasteiger charge is -2.09. The molecule has 0 aromatic carbocycles. The van der Waals surface area contributed by atoms with Gasteiger partial charge in [0.1, 0.15) is 0 Å². The zero-order valence-electron chi connectivity index (χ0n) is 9.01. The van der Waals surface area contributed by atoms with Crippen LogP contribution >= 0.6 is 0 Å². The lowest BCUT2D eigenvalue weighted by Crippen LogP contribution is -2.22. The Hall–Kier alpha value is -1.17. The Balaban J connectivity index is 3.94. The normalized spacial score (nSPS) is 14.3. The van der Waals surface area contributed by atoms with E-state index in [1.807, 2.05) is 0 Å². The maximum atomic E-state index is 10.8. The van der Waals surface area contributed by atoms with Crippen molar-refractivity contribution in [3.05, 3.63) is 10.1 Å². The summed E-state index contributed by atoms with van der Waals surface area (Å²) in [5.74, 6) is -0.445. The lowest BCUT2D eigenvalue weighted by molar-refractivity contribution is -0.524. The van der Waals surface area contributed by atoms with Gasteiger partial charge in [-0.25, -0.2) is 0 Å². The molecule has 0 saturated heterocycles. The molecule has 88 valence electrons. The first-order valence-corrected chi connectivity index (χ1v) is 4.85. The number of hydrogen-bond acceptors (Lipinski definition) is 5. The summed E-state index contributed by atoms with van der Waals surface area (Å²) in [6, 6.07) is -0.779. The van der Waals surface area contributed by atoms with Crippen LogP contribution in [0.4, 0.5) is 0 Å². The summed E-state index contributed by atoms with van der Waals surface area (Å²) in [6.07, 6.45) is 0.300. The first-order chi connectivity index (χ1) is 6.97. The number of esters is 1. The van der Waals surface area contributed by atoms with Gasteiger partial charge >= 0.3 is 5.97 Å². The van der Waals surface area contributed by atoms with E-state index in [9.17, 15) is 14.9 Å². The number of nitro groups is 1. The van der Waals surface area contributed by atoms with Gasteiger partial charge in [-0.3, -0.25) is 14.9 Å². The van der Waals surface area contributed by atoms with E-state index in [2.05, 4.69) is 4.74 Å². The second-order valence-corrected chi connectivity index (χ2v) is 3.48. The molecule has 0 heterocycles. The van der Waals surface area contributed by atoms with Crippen LogP contribution in [0, 0.1) is 10.1 Å². The molecule has 0 aromatic rings. The maximum absolute atomic E-state index is 10.8. The zero-order chi connectivity index (χ0) is 11.8. The second kappa shape index (κ2) is 7.17. The summed E-state index contributed by atoms with van der Waals surface area (Å²) < 4.78 is 4.40. The molecule has 6 nitrogen and oxygen atoms in total. The summed E-state index contributed by atoms with van der Waals surface area (Å²) in [5.41, 5.74) is 0. The highest BCUT2D eigenvalue weighted by molar-refractivity contribution is 5.69. The minimum absolute atomic E-state index is 0.0436. The summed E-state index contributed by atoms with van der Waals surface area (Å²) >= 11 is 0. The van der Waals surface area contributed by atoms with Crippen molar-refractivity contribution >= 4 is 5.97 Å². The maximum Gasteiger partial charge on any atom is 0.305 e. The fraction of sp³-hybridized carbons (Fsp3) is 0.889. The van der Waals surface area contributed by atoms with Gasteiger partial charge in [0.2, 0.25) is 6.04 Å².